The molecule has 0 aliphatic heterocycles. The van der Waals surface area contributed by atoms with Crippen LogP contribution in [0.15, 0.2) is 23.9 Å². The summed E-state index contributed by atoms with van der Waals surface area (Å²) in [6.07, 6.45) is 0. The first-order chi connectivity index (χ1) is 6.31. The summed E-state index contributed by atoms with van der Waals surface area (Å²) in [6, 6.07) is 0. The van der Waals surface area contributed by atoms with Crippen molar-refractivity contribution in [3.63, 3.8) is 0 Å². The van der Waals surface area contributed by atoms with E-state index in [1.54, 1.807) is 14.2 Å². The first kappa shape index (κ1) is 13.1. The van der Waals surface area contributed by atoms with Crippen molar-refractivity contribution in [2.24, 2.45) is 0 Å². The second-order valence-corrected chi connectivity index (χ2v) is 8.45. The Morgan fingerprint density at radius 2 is 1.57 bits per heavy atom. The predicted octanol–water partition coefficient (Wildman–Crippen LogP) is 2.88. The summed E-state index contributed by atoms with van der Waals surface area (Å²) < 4.78 is 16.0. The number of ether oxygens (including phenoxy) is 2. The number of rotatable bonds is 5. The van der Waals surface area contributed by atoms with E-state index in [0.717, 1.165) is 5.57 Å². The quantitative estimate of drug-likeness (QED) is 0.402. The van der Waals surface area contributed by atoms with E-state index in [2.05, 4.69) is 26.2 Å². The molecule has 0 saturated heterocycles. The van der Waals surface area contributed by atoms with Gasteiger partial charge in [0.1, 0.15) is 0 Å². The van der Waals surface area contributed by atoms with Crippen LogP contribution in [0.25, 0.3) is 0 Å². The molecule has 14 heavy (non-hydrogen) atoms. The Morgan fingerprint density at radius 1 is 1.07 bits per heavy atom. The van der Waals surface area contributed by atoms with E-state index in [-0.39, 0.29) is 0 Å². The van der Waals surface area contributed by atoms with Crippen molar-refractivity contribution in [2.45, 2.75) is 26.6 Å². The Labute approximate surface area is 87.5 Å². The SMILES string of the molecule is C=C(C)C(OC)=C(OC)O[Si](C)(C)C. The molecule has 0 atom stereocenters. The van der Waals surface area contributed by atoms with Gasteiger partial charge in [0, 0.05) is 0 Å². The van der Waals surface area contributed by atoms with Crippen molar-refractivity contribution in [2.75, 3.05) is 14.2 Å². The molecule has 0 unspecified atom stereocenters. The van der Waals surface area contributed by atoms with Crippen molar-refractivity contribution >= 4 is 8.32 Å². The minimum Gasteiger partial charge on any atom is -0.517 e. The Bertz CT molecular complexity index is 238. The van der Waals surface area contributed by atoms with Crippen LogP contribution in [-0.4, -0.2) is 22.5 Å². The second-order valence-electron chi connectivity index (χ2n) is 4.02. The van der Waals surface area contributed by atoms with Gasteiger partial charge in [-0.3, -0.25) is 0 Å². The fourth-order valence-corrected chi connectivity index (χ4v) is 1.62. The molecular formula is C10H20O3Si. The molecular weight excluding hydrogens is 196 g/mol. The Kier molecular flexibility index (Phi) is 4.77. The van der Waals surface area contributed by atoms with Gasteiger partial charge in [-0.05, 0) is 32.1 Å². The lowest BCUT2D eigenvalue weighted by atomic mass is 10.3. The van der Waals surface area contributed by atoms with Gasteiger partial charge >= 0.3 is 5.95 Å². The zero-order valence-electron chi connectivity index (χ0n) is 9.93. The van der Waals surface area contributed by atoms with Crippen molar-refractivity contribution in [1.29, 1.82) is 0 Å². The number of hydrogen-bond acceptors (Lipinski definition) is 3. The molecule has 0 N–H and O–H groups in total. The lowest BCUT2D eigenvalue weighted by molar-refractivity contribution is 0.115. The lowest BCUT2D eigenvalue weighted by Crippen LogP contribution is -2.26. The minimum absolute atomic E-state index is 0.430. The van der Waals surface area contributed by atoms with E-state index in [1.165, 1.54) is 0 Å². The number of hydrogen-bond donors (Lipinski definition) is 0. The fourth-order valence-electron chi connectivity index (χ4n) is 0.891. The van der Waals surface area contributed by atoms with E-state index in [4.69, 9.17) is 13.9 Å². The van der Waals surface area contributed by atoms with Gasteiger partial charge in [0.15, 0.2) is 0 Å². The molecule has 0 fully saturated rings. The second kappa shape index (κ2) is 5.10. The van der Waals surface area contributed by atoms with Crippen LogP contribution in [0.2, 0.25) is 19.6 Å². The third-order valence-electron chi connectivity index (χ3n) is 1.36. The molecule has 0 radical (unpaired) electrons. The fraction of sp³-hybridized carbons (Fsp3) is 0.600. The number of allylic oxidation sites excluding steroid dienone is 1. The van der Waals surface area contributed by atoms with Gasteiger partial charge in [0.25, 0.3) is 0 Å². The lowest BCUT2D eigenvalue weighted by Gasteiger charge is -2.22. The Hall–Kier alpha value is -0.903. The molecule has 4 heteroatoms. The van der Waals surface area contributed by atoms with Crippen molar-refractivity contribution in [3.8, 4) is 0 Å². The van der Waals surface area contributed by atoms with Crippen LogP contribution in [0.3, 0.4) is 0 Å². The average molecular weight is 216 g/mol. The van der Waals surface area contributed by atoms with Gasteiger partial charge in [0.2, 0.25) is 14.1 Å². The molecule has 0 rings (SSSR count). The average Bonchev–Trinajstić information content (AvgIpc) is 2.00. The summed E-state index contributed by atoms with van der Waals surface area (Å²) in [5.74, 6) is 1.01. The molecule has 0 aromatic heterocycles. The van der Waals surface area contributed by atoms with E-state index in [1.807, 2.05) is 6.92 Å². The van der Waals surface area contributed by atoms with Crippen LogP contribution in [0.1, 0.15) is 6.92 Å². The largest absolute Gasteiger partial charge is 0.517 e. The highest BCUT2D eigenvalue weighted by atomic mass is 28.4. The standard InChI is InChI=1S/C10H20O3Si/c1-8(2)9(11-3)10(12-4)13-14(5,6)7/h1H2,2-7H3. The monoisotopic (exact) mass is 216 g/mol. The minimum atomic E-state index is -1.67. The molecule has 0 spiro atoms. The van der Waals surface area contributed by atoms with Crippen molar-refractivity contribution < 1.29 is 13.9 Å². The van der Waals surface area contributed by atoms with Gasteiger partial charge < -0.3 is 13.9 Å². The van der Waals surface area contributed by atoms with Crippen molar-refractivity contribution in [1.82, 2.24) is 0 Å². The Morgan fingerprint density at radius 3 is 1.79 bits per heavy atom. The smallest absolute Gasteiger partial charge is 0.309 e. The summed E-state index contributed by atoms with van der Waals surface area (Å²) >= 11 is 0. The highest BCUT2D eigenvalue weighted by molar-refractivity contribution is 6.70. The van der Waals surface area contributed by atoms with Crippen LogP contribution in [0, 0.1) is 0 Å². The van der Waals surface area contributed by atoms with E-state index in [0.29, 0.717) is 11.7 Å². The topological polar surface area (TPSA) is 27.7 Å². The van der Waals surface area contributed by atoms with Crippen LogP contribution >= 0.6 is 0 Å². The first-order valence-corrected chi connectivity index (χ1v) is 7.89. The highest BCUT2D eigenvalue weighted by Gasteiger charge is 2.21. The maximum absolute atomic E-state index is 5.71. The summed E-state index contributed by atoms with van der Waals surface area (Å²) in [5, 5.41) is 0. The summed E-state index contributed by atoms with van der Waals surface area (Å²) in [4.78, 5) is 0. The predicted molar refractivity (Wildman–Crippen MR) is 60.3 cm³/mol. The molecule has 0 heterocycles. The van der Waals surface area contributed by atoms with Gasteiger partial charge in [-0.15, -0.1) is 0 Å². The first-order valence-electron chi connectivity index (χ1n) is 4.49. The third-order valence-corrected chi connectivity index (χ3v) is 2.16. The summed E-state index contributed by atoms with van der Waals surface area (Å²) in [7, 11) is 1.48. The molecule has 0 saturated carbocycles. The van der Waals surface area contributed by atoms with Crippen molar-refractivity contribution in [3.05, 3.63) is 23.9 Å². The maximum atomic E-state index is 5.71. The summed E-state index contributed by atoms with van der Waals surface area (Å²) in [6.45, 7) is 11.9. The highest BCUT2D eigenvalue weighted by Crippen LogP contribution is 2.19. The van der Waals surface area contributed by atoms with Gasteiger partial charge in [-0.1, -0.05) is 6.58 Å². The number of methoxy groups -OCH3 is 2. The maximum Gasteiger partial charge on any atom is 0.309 e. The summed E-state index contributed by atoms with van der Waals surface area (Å²) in [5.41, 5.74) is 0.794. The molecule has 0 aliphatic rings. The molecule has 82 valence electrons. The van der Waals surface area contributed by atoms with E-state index >= 15 is 0 Å². The molecule has 0 aliphatic carbocycles. The normalized spacial score (nSPS) is 13.0. The molecule has 0 bridgehead atoms. The van der Waals surface area contributed by atoms with Crippen LogP contribution in [-0.2, 0) is 13.9 Å². The van der Waals surface area contributed by atoms with E-state index in [9.17, 15) is 0 Å². The van der Waals surface area contributed by atoms with E-state index < -0.39 is 8.32 Å². The van der Waals surface area contributed by atoms with Crippen LogP contribution < -0.4 is 0 Å². The molecule has 0 aromatic carbocycles. The Balaban J connectivity index is 4.90. The molecule has 3 nitrogen and oxygen atoms in total. The van der Waals surface area contributed by atoms with Gasteiger partial charge in [-0.25, -0.2) is 0 Å². The van der Waals surface area contributed by atoms with Gasteiger partial charge in [0.05, 0.1) is 14.2 Å². The molecule has 0 amide bonds. The zero-order valence-corrected chi connectivity index (χ0v) is 10.9. The molecule has 0 aromatic rings. The van der Waals surface area contributed by atoms with Gasteiger partial charge in [-0.2, -0.15) is 0 Å². The van der Waals surface area contributed by atoms with Crippen LogP contribution in [0.4, 0.5) is 0 Å². The van der Waals surface area contributed by atoms with Crippen LogP contribution in [0.5, 0.6) is 0 Å². The third kappa shape index (κ3) is 4.37. The zero-order chi connectivity index (χ0) is 11.4.